The third-order valence-corrected chi connectivity index (χ3v) is 3.98. The molecule has 1 aromatic carbocycles. The van der Waals surface area contributed by atoms with Crippen LogP contribution in [-0.4, -0.2) is 49.1 Å². The molecule has 0 amide bonds. The summed E-state index contributed by atoms with van der Waals surface area (Å²) in [5.74, 6) is 0. The minimum Gasteiger partial charge on any atom is -0.399 e. The lowest BCUT2D eigenvalue weighted by Gasteiger charge is -2.34. The highest BCUT2D eigenvalue weighted by Crippen LogP contribution is 2.13. The number of nitrogens with two attached hydrogens (primary N) is 1. The fraction of sp³-hybridized carbons (Fsp3) is 0.625. The molecular weight excluding hydrogens is 234 g/mol. The van der Waals surface area contributed by atoms with Gasteiger partial charge in [0.25, 0.3) is 0 Å². The standard InChI is InChI=1S/C16H27N3/c1-2-9-18-11-13-19(14-12-18)10-5-7-15-6-3-4-8-16(15)17/h3-4,6,8H,2,5,7,9-14,17H2,1H3. The number of nitrogens with zero attached hydrogens (tertiary/aromatic N) is 2. The van der Waals surface area contributed by atoms with E-state index in [-0.39, 0.29) is 0 Å². The van der Waals surface area contributed by atoms with Crippen molar-refractivity contribution in [2.24, 2.45) is 0 Å². The minimum atomic E-state index is 0.940. The van der Waals surface area contributed by atoms with Gasteiger partial charge in [0.15, 0.2) is 0 Å². The number of aryl methyl sites for hydroxylation is 1. The molecule has 1 heterocycles. The molecule has 1 saturated heterocycles. The lowest BCUT2D eigenvalue weighted by Crippen LogP contribution is -2.46. The molecule has 19 heavy (non-hydrogen) atoms. The maximum atomic E-state index is 5.97. The van der Waals surface area contributed by atoms with Crippen LogP contribution in [0.15, 0.2) is 24.3 Å². The highest BCUT2D eigenvalue weighted by atomic mass is 15.3. The van der Waals surface area contributed by atoms with Crippen LogP contribution in [0.3, 0.4) is 0 Å². The summed E-state index contributed by atoms with van der Waals surface area (Å²) in [4.78, 5) is 5.16. The quantitative estimate of drug-likeness (QED) is 0.797. The van der Waals surface area contributed by atoms with E-state index in [1.54, 1.807) is 0 Å². The number of hydrogen-bond acceptors (Lipinski definition) is 3. The lowest BCUT2D eigenvalue weighted by molar-refractivity contribution is 0.131. The summed E-state index contributed by atoms with van der Waals surface area (Å²) in [6.07, 6.45) is 3.58. The summed E-state index contributed by atoms with van der Waals surface area (Å²) in [6, 6.07) is 8.23. The number of nitrogen functional groups attached to an aromatic ring is 1. The normalized spacial score (nSPS) is 17.7. The van der Waals surface area contributed by atoms with Crippen LogP contribution in [0.5, 0.6) is 0 Å². The molecule has 1 aliphatic rings. The van der Waals surface area contributed by atoms with Gasteiger partial charge in [0, 0.05) is 31.9 Å². The summed E-state index contributed by atoms with van der Waals surface area (Å²) >= 11 is 0. The molecule has 3 heteroatoms. The molecule has 1 aromatic rings. The molecule has 1 aliphatic heterocycles. The van der Waals surface area contributed by atoms with E-state index in [2.05, 4.69) is 28.9 Å². The molecule has 1 fully saturated rings. The zero-order valence-corrected chi connectivity index (χ0v) is 12.1. The molecule has 2 N–H and O–H groups in total. The van der Waals surface area contributed by atoms with E-state index in [1.807, 2.05) is 12.1 Å². The van der Waals surface area contributed by atoms with Crippen LogP contribution in [0.1, 0.15) is 25.3 Å². The molecular formula is C16H27N3. The van der Waals surface area contributed by atoms with Crippen LogP contribution in [0.2, 0.25) is 0 Å². The van der Waals surface area contributed by atoms with Crippen molar-refractivity contribution in [1.82, 2.24) is 9.80 Å². The first-order chi connectivity index (χ1) is 9.29. The Morgan fingerprint density at radius 1 is 1.00 bits per heavy atom. The van der Waals surface area contributed by atoms with E-state index in [9.17, 15) is 0 Å². The van der Waals surface area contributed by atoms with Crippen molar-refractivity contribution in [1.29, 1.82) is 0 Å². The average Bonchev–Trinajstić information content (AvgIpc) is 2.43. The largest absolute Gasteiger partial charge is 0.399 e. The van der Waals surface area contributed by atoms with E-state index in [4.69, 9.17) is 5.73 Å². The van der Waals surface area contributed by atoms with Crippen LogP contribution in [0.25, 0.3) is 0 Å². The van der Waals surface area contributed by atoms with Gasteiger partial charge in [-0.25, -0.2) is 0 Å². The molecule has 3 nitrogen and oxygen atoms in total. The summed E-state index contributed by atoms with van der Waals surface area (Å²) in [7, 11) is 0. The van der Waals surface area contributed by atoms with Crippen molar-refractivity contribution in [2.75, 3.05) is 45.0 Å². The van der Waals surface area contributed by atoms with Gasteiger partial charge < -0.3 is 15.5 Å². The molecule has 0 spiro atoms. The van der Waals surface area contributed by atoms with Gasteiger partial charge in [-0.1, -0.05) is 25.1 Å². The van der Waals surface area contributed by atoms with Crippen molar-refractivity contribution in [2.45, 2.75) is 26.2 Å². The predicted molar refractivity (Wildman–Crippen MR) is 82.3 cm³/mol. The Morgan fingerprint density at radius 3 is 2.26 bits per heavy atom. The SMILES string of the molecule is CCCN1CCN(CCCc2ccccc2N)CC1. The first-order valence-corrected chi connectivity index (χ1v) is 7.57. The Morgan fingerprint density at radius 2 is 1.63 bits per heavy atom. The molecule has 0 bridgehead atoms. The van der Waals surface area contributed by atoms with Crippen LogP contribution in [0, 0.1) is 0 Å². The molecule has 0 unspecified atom stereocenters. The Labute approximate surface area is 117 Å². The van der Waals surface area contributed by atoms with Gasteiger partial charge in [-0.05, 0) is 44.0 Å². The topological polar surface area (TPSA) is 32.5 Å². The minimum absolute atomic E-state index is 0.940. The van der Waals surface area contributed by atoms with Crippen molar-refractivity contribution in [3.63, 3.8) is 0 Å². The zero-order chi connectivity index (χ0) is 13.5. The van der Waals surface area contributed by atoms with Gasteiger partial charge in [-0.3, -0.25) is 0 Å². The third kappa shape index (κ3) is 4.51. The van der Waals surface area contributed by atoms with E-state index >= 15 is 0 Å². The highest BCUT2D eigenvalue weighted by Gasteiger charge is 2.15. The summed E-state index contributed by atoms with van der Waals surface area (Å²) in [5, 5.41) is 0. The van der Waals surface area contributed by atoms with Gasteiger partial charge in [-0.15, -0.1) is 0 Å². The molecule has 0 saturated carbocycles. The van der Waals surface area contributed by atoms with Crippen LogP contribution in [0.4, 0.5) is 5.69 Å². The summed E-state index contributed by atoms with van der Waals surface area (Å²) in [6.45, 7) is 9.65. The lowest BCUT2D eigenvalue weighted by atomic mass is 10.1. The van der Waals surface area contributed by atoms with E-state index < -0.39 is 0 Å². The second-order valence-corrected chi connectivity index (χ2v) is 5.49. The average molecular weight is 261 g/mol. The highest BCUT2D eigenvalue weighted by molar-refractivity contribution is 5.46. The number of para-hydroxylation sites is 1. The van der Waals surface area contributed by atoms with Gasteiger partial charge in [-0.2, -0.15) is 0 Å². The molecule has 0 radical (unpaired) electrons. The Kier molecular flexibility index (Phi) is 5.67. The first-order valence-electron chi connectivity index (χ1n) is 7.57. The maximum absolute atomic E-state index is 5.97. The zero-order valence-electron chi connectivity index (χ0n) is 12.1. The predicted octanol–water partition coefficient (Wildman–Crippen LogP) is 2.23. The third-order valence-electron chi connectivity index (χ3n) is 3.98. The fourth-order valence-electron chi connectivity index (χ4n) is 2.81. The van der Waals surface area contributed by atoms with Crippen molar-refractivity contribution in [3.8, 4) is 0 Å². The summed E-state index contributed by atoms with van der Waals surface area (Å²) < 4.78 is 0. The first kappa shape index (κ1) is 14.4. The van der Waals surface area contributed by atoms with Gasteiger partial charge in [0.05, 0.1) is 0 Å². The molecule has 106 valence electrons. The molecule has 0 atom stereocenters. The van der Waals surface area contributed by atoms with Gasteiger partial charge in [0.1, 0.15) is 0 Å². The number of benzene rings is 1. The smallest absolute Gasteiger partial charge is 0.0346 e. The van der Waals surface area contributed by atoms with Crippen molar-refractivity contribution >= 4 is 5.69 Å². The fourth-order valence-corrected chi connectivity index (χ4v) is 2.81. The van der Waals surface area contributed by atoms with E-state index in [0.717, 1.165) is 12.1 Å². The number of piperazine rings is 1. The van der Waals surface area contributed by atoms with Crippen molar-refractivity contribution < 1.29 is 0 Å². The molecule has 0 aromatic heterocycles. The van der Waals surface area contributed by atoms with E-state index in [0.29, 0.717) is 0 Å². The Balaban J connectivity index is 1.66. The van der Waals surface area contributed by atoms with Crippen LogP contribution in [-0.2, 0) is 6.42 Å². The second kappa shape index (κ2) is 7.51. The second-order valence-electron chi connectivity index (χ2n) is 5.49. The monoisotopic (exact) mass is 261 g/mol. The summed E-state index contributed by atoms with van der Waals surface area (Å²) in [5.41, 5.74) is 8.21. The van der Waals surface area contributed by atoms with E-state index in [1.165, 1.54) is 57.7 Å². The number of rotatable bonds is 6. The molecule has 0 aliphatic carbocycles. The Bertz CT molecular complexity index is 370. The van der Waals surface area contributed by atoms with Crippen LogP contribution >= 0.6 is 0 Å². The number of anilines is 1. The maximum Gasteiger partial charge on any atom is 0.0346 e. The van der Waals surface area contributed by atoms with Crippen molar-refractivity contribution in [3.05, 3.63) is 29.8 Å². The van der Waals surface area contributed by atoms with Crippen LogP contribution < -0.4 is 5.73 Å². The number of hydrogen-bond donors (Lipinski definition) is 1. The molecule has 2 rings (SSSR count). The van der Waals surface area contributed by atoms with Gasteiger partial charge in [0.2, 0.25) is 0 Å². The van der Waals surface area contributed by atoms with Gasteiger partial charge >= 0.3 is 0 Å². The Hall–Kier alpha value is -1.06.